The third-order valence-electron chi connectivity index (χ3n) is 7.38. The molecule has 1 amide bonds. The Kier molecular flexibility index (Phi) is 6.40. The Morgan fingerprint density at radius 3 is 2.71 bits per heavy atom. The van der Waals surface area contributed by atoms with Crippen molar-refractivity contribution in [1.82, 2.24) is 40.4 Å². The molecule has 41 heavy (non-hydrogen) atoms. The number of fused-ring (bicyclic) bond motifs is 2. The summed E-state index contributed by atoms with van der Waals surface area (Å²) in [5.74, 6) is 0.564. The highest BCUT2D eigenvalue weighted by Gasteiger charge is 2.19. The smallest absolute Gasteiger partial charge is 0.224 e. The molecule has 0 saturated carbocycles. The molecule has 0 atom stereocenters. The molecule has 0 aliphatic carbocycles. The highest BCUT2D eigenvalue weighted by Crippen LogP contribution is 2.31. The van der Waals surface area contributed by atoms with Crippen LogP contribution in [-0.4, -0.2) is 54.1 Å². The first-order valence-corrected chi connectivity index (χ1v) is 13.5. The molecule has 1 saturated heterocycles. The van der Waals surface area contributed by atoms with Crippen LogP contribution in [0.1, 0.15) is 19.3 Å². The van der Waals surface area contributed by atoms with Crippen molar-refractivity contribution in [3.05, 3.63) is 72.9 Å². The third kappa shape index (κ3) is 5.03. The Morgan fingerprint density at radius 2 is 1.83 bits per heavy atom. The van der Waals surface area contributed by atoms with Crippen molar-refractivity contribution in [1.29, 1.82) is 0 Å². The summed E-state index contributed by atoms with van der Waals surface area (Å²) in [5.41, 5.74) is 6.55. The molecular formula is C30H26FN9O. The van der Waals surface area contributed by atoms with Crippen LogP contribution in [0, 0.1) is 11.7 Å². The van der Waals surface area contributed by atoms with E-state index in [2.05, 4.69) is 35.8 Å². The van der Waals surface area contributed by atoms with Crippen LogP contribution in [0.5, 0.6) is 0 Å². The number of H-pyrrole nitrogens is 2. The largest absolute Gasteiger partial charge is 0.336 e. The first-order chi connectivity index (χ1) is 20.1. The Balaban J connectivity index is 1.19. The quantitative estimate of drug-likeness (QED) is 0.228. The standard InChI is InChI=1S/C30H26FN9O/c31-20-3-1-2-18(13-20)26-27-23(8-11-34-26)37-30(38-27)29-28-24(39-40-29)5-4-22(36-28)19-14-21(16-33-15-19)35-25(41)12-17-6-9-32-10-7-17/h1-5,8,11,13-17,32H,6-7,9-10,12H2,(H,35,41)(H,37,38)(H,39,40). The maximum Gasteiger partial charge on any atom is 0.224 e. The number of nitrogens with one attached hydrogen (secondary N) is 4. The molecule has 0 unspecified atom stereocenters. The number of amides is 1. The minimum absolute atomic E-state index is 0.00614. The average molecular weight is 548 g/mol. The lowest BCUT2D eigenvalue weighted by Crippen LogP contribution is -2.30. The zero-order valence-electron chi connectivity index (χ0n) is 22.0. The molecule has 10 nitrogen and oxygen atoms in total. The number of pyridine rings is 3. The van der Waals surface area contributed by atoms with Gasteiger partial charge in [0.25, 0.3) is 0 Å². The van der Waals surface area contributed by atoms with Crippen LogP contribution in [0.4, 0.5) is 10.1 Å². The number of carbonyl (C=O) groups is 1. The predicted molar refractivity (Wildman–Crippen MR) is 154 cm³/mol. The molecule has 4 N–H and O–H groups in total. The number of hydrogen-bond acceptors (Lipinski definition) is 7. The lowest BCUT2D eigenvalue weighted by Gasteiger charge is -2.21. The highest BCUT2D eigenvalue weighted by molar-refractivity contribution is 5.95. The van der Waals surface area contributed by atoms with E-state index in [1.54, 1.807) is 30.7 Å². The molecule has 0 bridgehead atoms. The van der Waals surface area contributed by atoms with Crippen LogP contribution in [-0.2, 0) is 4.79 Å². The number of hydrogen-bond donors (Lipinski definition) is 4. The maximum atomic E-state index is 13.9. The molecule has 5 aromatic heterocycles. The zero-order valence-corrected chi connectivity index (χ0v) is 22.0. The number of imidazole rings is 1. The minimum Gasteiger partial charge on any atom is -0.336 e. The Morgan fingerprint density at radius 1 is 0.951 bits per heavy atom. The van der Waals surface area contributed by atoms with Gasteiger partial charge in [0.05, 0.1) is 34.3 Å². The topological polar surface area (TPSA) is 137 Å². The van der Waals surface area contributed by atoms with Crippen molar-refractivity contribution in [3.8, 4) is 34.0 Å². The van der Waals surface area contributed by atoms with Crippen molar-refractivity contribution in [2.75, 3.05) is 18.4 Å². The third-order valence-corrected chi connectivity index (χ3v) is 7.38. The number of aromatic nitrogens is 7. The first-order valence-electron chi connectivity index (χ1n) is 13.5. The van der Waals surface area contributed by atoms with Gasteiger partial charge in [-0.3, -0.25) is 19.9 Å². The predicted octanol–water partition coefficient (Wildman–Crippen LogP) is 5.09. The second kappa shape index (κ2) is 10.5. The van der Waals surface area contributed by atoms with Crippen molar-refractivity contribution < 1.29 is 9.18 Å². The number of anilines is 1. The fraction of sp³-hybridized carbons (Fsp3) is 0.200. The van der Waals surface area contributed by atoms with Crippen molar-refractivity contribution >= 4 is 33.7 Å². The van der Waals surface area contributed by atoms with Gasteiger partial charge in [0, 0.05) is 29.9 Å². The van der Waals surface area contributed by atoms with Crippen LogP contribution in [0.15, 0.2) is 67.1 Å². The number of halogens is 1. The van der Waals surface area contributed by atoms with Crippen molar-refractivity contribution in [2.24, 2.45) is 5.92 Å². The summed E-state index contributed by atoms with van der Waals surface area (Å²) in [6.07, 6.45) is 7.54. The number of carbonyl (C=O) groups excluding carboxylic acids is 1. The molecule has 1 aliphatic rings. The van der Waals surface area contributed by atoms with E-state index in [0.29, 0.717) is 57.5 Å². The number of rotatable bonds is 6. The SMILES string of the molecule is O=C(CC1CCNCC1)Nc1cncc(-c2ccc3[nH]nc(-c4nc5c(-c6cccc(F)c6)nccc5[nH]4)c3n2)c1. The molecule has 1 aromatic carbocycles. The van der Waals surface area contributed by atoms with E-state index in [4.69, 9.17) is 9.97 Å². The lowest BCUT2D eigenvalue weighted by atomic mass is 9.94. The fourth-order valence-electron chi connectivity index (χ4n) is 5.33. The minimum atomic E-state index is -0.341. The van der Waals surface area contributed by atoms with E-state index in [1.165, 1.54) is 12.1 Å². The second-order valence-corrected chi connectivity index (χ2v) is 10.2. The summed E-state index contributed by atoms with van der Waals surface area (Å²) in [6.45, 7) is 1.91. The van der Waals surface area contributed by atoms with Crippen molar-refractivity contribution in [2.45, 2.75) is 19.3 Å². The van der Waals surface area contributed by atoms with Crippen LogP contribution >= 0.6 is 0 Å². The molecule has 7 rings (SSSR count). The van der Waals surface area contributed by atoms with Gasteiger partial charge in [0.1, 0.15) is 16.9 Å². The van der Waals surface area contributed by atoms with Gasteiger partial charge in [-0.15, -0.1) is 0 Å². The van der Waals surface area contributed by atoms with Gasteiger partial charge in [-0.2, -0.15) is 5.10 Å². The van der Waals surface area contributed by atoms with Gasteiger partial charge < -0.3 is 15.6 Å². The van der Waals surface area contributed by atoms with E-state index in [-0.39, 0.29) is 11.7 Å². The van der Waals surface area contributed by atoms with Gasteiger partial charge in [-0.25, -0.2) is 14.4 Å². The van der Waals surface area contributed by atoms with E-state index in [9.17, 15) is 9.18 Å². The molecule has 6 aromatic rings. The van der Waals surface area contributed by atoms with E-state index < -0.39 is 0 Å². The first kappa shape index (κ1) is 25.0. The number of piperidine rings is 1. The fourth-order valence-corrected chi connectivity index (χ4v) is 5.33. The molecule has 0 spiro atoms. The second-order valence-electron chi connectivity index (χ2n) is 10.2. The van der Waals surface area contributed by atoms with Gasteiger partial charge >= 0.3 is 0 Å². The summed E-state index contributed by atoms with van der Waals surface area (Å²) in [6, 6.07) is 13.8. The Bertz CT molecular complexity index is 1890. The lowest BCUT2D eigenvalue weighted by molar-refractivity contribution is -0.117. The summed E-state index contributed by atoms with van der Waals surface area (Å²) in [5, 5.41) is 13.8. The van der Waals surface area contributed by atoms with E-state index >= 15 is 0 Å². The van der Waals surface area contributed by atoms with Crippen LogP contribution < -0.4 is 10.6 Å². The number of aromatic amines is 2. The van der Waals surface area contributed by atoms with Crippen LogP contribution in [0.3, 0.4) is 0 Å². The normalized spacial score (nSPS) is 14.1. The van der Waals surface area contributed by atoms with Gasteiger partial charge in [-0.05, 0) is 68.2 Å². The maximum absolute atomic E-state index is 13.9. The molecule has 6 heterocycles. The molecule has 0 radical (unpaired) electrons. The highest BCUT2D eigenvalue weighted by atomic mass is 19.1. The number of benzene rings is 1. The summed E-state index contributed by atoms with van der Waals surface area (Å²) < 4.78 is 13.9. The van der Waals surface area contributed by atoms with E-state index in [0.717, 1.165) is 42.5 Å². The van der Waals surface area contributed by atoms with E-state index in [1.807, 2.05) is 24.3 Å². The monoisotopic (exact) mass is 547 g/mol. The summed E-state index contributed by atoms with van der Waals surface area (Å²) in [4.78, 5) is 34.4. The molecule has 204 valence electrons. The van der Waals surface area contributed by atoms with Crippen LogP contribution in [0.2, 0.25) is 0 Å². The summed E-state index contributed by atoms with van der Waals surface area (Å²) >= 11 is 0. The molecule has 1 aliphatic heterocycles. The zero-order chi connectivity index (χ0) is 27.8. The summed E-state index contributed by atoms with van der Waals surface area (Å²) in [7, 11) is 0. The van der Waals surface area contributed by atoms with Gasteiger partial charge in [0.2, 0.25) is 5.91 Å². The number of nitrogens with zero attached hydrogens (tertiary/aromatic N) is 5. The van der Waals surface area contributed by atoms with Crippen molar-refractivity contribution in [3.63, 3.8) is 0 Å². The Hall–Kier alpha value is -5.03. The van der Waals surface area contributed by atoms with Crippen LogP contribution in [0.25, 0.3) is 56.1 Å². The molecule has 11 heteroatoms. The Labute approximate surface area is 233 Å². The van der Waals surface area contributed by atoms with Gasteiger partial charge in [0.15, 0.2) is 11.5 Å². The average Bonchev–Trinajstić information content (AvgIpc) is 3.61. The molecular weight excluding hydrogens is 521 g/mol. The van der Waals surface area contributed by atoms with Gasteiger partial charge in [-0.1, -0.05) is 12.1 Å². The molecule has 1 fully saturated rings.